The fourth-order valence-corrected chi connectivity index (χ4v) is 3.99. The number of hydrogen-bond acceptors (Lipinski definition) is 5. The lowest BCUT2D eigenvalue weighted by molar-refractivity contribution is 0.600. The Morgan fingerprint density at radius 2 is 1.92 bits per heavy atom. The van der Waals surface area contributed by atoms with Crippen LogP contribution in [0.1, 0.15) is 11.4 Å². The van der Waals surface area contributed by atoms with Gasteiger partial charge in [0.2, 0.25) is 0 Å². The van der Waals surface area contributed by atoms with Gasteiger partial charge in [0.05, 0.1) is 23.3 Å². The van der Waals surface area contributed by atoms with Crippen molar-refractivity contribution >= 4 is 38.8 Å². The molecular weight excluding hydrogens is 362 g/mol. The monoisotopic (exact) mass is 377 g/mol. The number of halogens is 1. The van der Waals surface area contributed by atoms with E-state index in [1.165, 1.54) is 6.20 Å². The highest BCUT2D eigenvalue weighted by Gasteiger charge is 2.22. The molecule has 0 aliphatic rings. The summed E-state index contributed by atoms with van der Waals surface area (Å²) >= 11 is 5.94. The van der Waals surface area contributed by atoms with Crippen molar-refractivity contribution in [2.45, 2.75) is 18.7 Å². The lowest BCUT2D eigenvalue weighted by Crippen LogP contribution is -2.14. The van der Waals surface area contributed by atoms with Crippen LogP contribution in [0, 0.1) is 13.8 Å². The molecule has 0 amide bonds. The number of anilines is 3. The quantitative estimate of drug-likeness (QED) is 0.630. The number of H-pyrrole nitrogens is 1. The average molecular weight is 378 g/mol. The molecule has 1 aromatic carbocycles. The molecule has 3 aromatic rings. The molecule has 9 heteroatoms. The zero-order valence-corrected chi connectivity index (χ0v) is 15.1. The molecule has 2 aromatic heterocycles. The van der Waals surface area contributed by atoms with Crippen molar-refractivity contribution in [3.8, 4) is 0 Å². The van der Waals surface area contributed by atoms with Gasteiger partial charge in [0.15, 0.2) is 0 Å². The number of nitrogens with zero attached hydrogens (tertiary/aromatic N) is 2. The Bertz CT molecular complexity index is 980. The van der Waals surface area contributed by atoms with Gasteiger partial charge in [-0.2, -0.15) is 5.10 Å². The minimum Gasteiger partial charge on any atom is -0.340 e. The Kier molecular flexibility index (Phi) is 4.65. The van der Waals surface area contributed by atoms with Gasteiger partial charge < -0.3 is 5.32 Å². The Morgan fingerprint density at radius 3 is 2.52 bits per heavy atom. The Hall–Kier alpha value is -2.58. The standard InChI is InChI=1S/C16H16ClN5O2S/c1-10-16(11(2)21-20-10)25(23,24)22-14-6-7-15(18-9-14)19-13-5-3-4-12(17)8-13/h3-9,22H,1-2H3,(H,18,19)(H,20,21). The molecule has 7 nitrogen and oxygen atoms in total. The minimum atomic E-state index is -3.73. The fraction of sp³-hybridized carbons (Fsp3) is 0.125. The van der Waals surface area contributed by atoms with Gasteiger partial charge in [0.25, 0.3) is 10.0 Å². The van der Waals surface area contributed by atoms with Gasteiger partial charge in [-0.3, -0.25) is 9.82 Å². The predicted octanol–water partition coefficient (Wildman–Crippen LogP) is 3.62. The first-order valence-electron chi connectivity index (χ1n) is 7.38. The van der Waals surface area contributed by atoms with E-state index < -0.39 is 10.0 Å². The van der Waals surface area contributed by atoms with Crippen molar-refractivity contribution in [3.05, 3.63) is 59.0 Å². The van der Waals surface area contributed by atoms with Crippen LogP contribution in [0.2, 0.25) is 5.02 Å². The summed E-state index contributed by atoms with van der Waals surface area (Å²) in [6, 6.07) is 10.5. The maximum atomic E-state index is 12.5. The smallest absolute Gasteiger partial charge is 0.265 e. The molecule has 130 valence electrons. The summed E-state index contributed by atoms with van der Waals surface area (Å²) in [5.74, 6) is 0.570. The van der Waals surface area contributed by atoms with Gasteiger partial charge in [0.1, 0.15) is 10.7 Å². The summed E-state index contributed by atoms with van der Waals surface area (Å²) in [6.07, 6.45) is 1.44. The van der Waals surface area contributed by atoms with E-state index in [2.05, 4.69) is 25.2 Å². The highest BCUT2D eigenvalue weighted by atomic mass is 35.5. The van der Waals surface area contributed by atoms with Gasteiger partial charge in [-0.05, 0) is 44.2 Å². The lowest BCUT2D eigenvalue weighted by atomic mass is 10.3. The van der Waals surface area contributed by atoms with Crippen LogP contribution >= 0.6 is 11.6 Å². The van der Waals surface area contributed by atoms with Crippen molar-refractivity contribution in [2.24, 2.45) is 0 Å². The van der Waals surface area contributed by atoms with E-state index in [0.717, 1.165) is 5.69 Å². The molecule has 0 bridgehead atoms. The van der Waals surface area contributed by atoms with Crippen LogP contribution in [0.25, 0.3) is 0 Å². The first kappa shape index (κ1) is 17.2. The van der Waals surface area contributed by atoms with E-state index in [4.69, 9.17) is 11.6 Å². The number of aromatic amines is 1. The molecule has 0 fully saturated rings. The average Bonchev–Trinajstić information content (AvgIpc) is 2.89. The maximum Gasteiger partial charge on any atom is 0.265 e. The molecule has 0 aliphatic carbocycles. The zero-order chi connectivity index (χ0) is 18.0. The first-order valence-corrected chi connectivity index (χ1v) is 9.24. The highest BCUT2D eigenvalue weighted by Crippen LogP contribution is 2.22. The van der Waals surface area contributed by atoms with Crippen LogP contribution in [-0.4, -0.2) is 23.6 Å². The second-order valence-electron chi connectivity index (χ2n) is 5.44. The molecule has 25 heavy (non-hydrogen) atoms. The van der Waals surface area contributed by atoms with Crippen molar-refractivity contribution in [2.75, 3.05) is 10.0 Å². The molecule has 2 heterocycles. The van der Waals surface area contributed by atoms with Crippen molar-refractivity contribution < 1.29 is 8.42 Å². The third-order valence-corrected chi connectivity index (χ3v) is 5.32. The van der Waals surface area contributed by atoms with Crippen LogP contribution < -0.4 is 10.0 Å². The molecule has 3 rings (SSSR count). The molecule has 0 saturated carbocycles. The summed E-state index contributed by atoms with van der Waals surface area (Å²) in [6.45, 7) is 3.29. The van der Waals surface area contributed by atoms with E-state index >= 15 is 0 Å². The molecule has 0 atom stereocenters. The van der Waals surface area contributed by atoms with Crippen molar-refractivity contribution in [1.82, 2.24) is 15.2 Å². The molecular formula is C16H16ClN5O2S. The maximum absolute atomic E-state index is 12.5. The van der Waals surface area contributed by atoms with Gasteiger partial charge in [0, 0.05) is 10.7 Å². The third kappa shape index (κ3) is 3.92. The number of nitrogens with one attached hydrogen (secondary N) is 3. The minimum absolute atomic E-state index is 0.147. The normalized spacial score (nSPS) is 11.3. The fourth-order valence-electron chi connectivity index (χ4n) is 2.39. The van der Waals surface area contributed by atoms with Crippen molar-refractivity contribution in [3.63, 3.8) is 0 Å². The number of aromatic nitrogens is 3. The van der Waals surface area contributed by atoms with E-state index in [1.54, 1.807) is 38.1 Å². The summed E-state index contributed by atoms with van der Waals surface area (Å²) in [5, 5.41) is 10.3. The summed E-state index contributed by atoms with van der Waals surface area (Å²) in [4.78, 5) is 4.36. The zero-order valence-electron chi connectivity index (χ0n) is 13.5. The van der Waals surface area contributed by atoms with Crippen molar-refractivity contribution in [1.29, 1.82) is 0 Å². The molecule has 0 aliphatic heterocycles. The number of sulfonamides is 1. The molecule has 0 radical (unpaired) electrons. The summed E-state index contributed by atoms with van der Waals surface area (Å²) in [5.41, 5.74) is 2.05. The van der Waals surface area contributed by atoms with E-state index in [0.29, 0.717) is 27.9 Å². The Labute approximate surface area is 150 Å². The summed E-state index contributed by atoms with van der Waals surface area (Å²) in [7, 11) is -3.73. The topological polar surface area (TPSA) is 99.8 Å². The van der Waals surface area contributed by atoms with Crippen LogP contribution in [0.15, 0.2) is 47.5 Å². The van der Waals surface area contributed by atoms with Gasteiger partial charge in [-0.1, -0.05) is 17.7 Å². The van der Waals surface area contributed by atoms with E-state index in [1.807, 2.05) is 12.1 Å². The molecule has 0 spiro atoms. The van der Waals surface area contributed by atoms with Gasteiger partial charge in [-0.15, -0.1) is 0 Å². The number of hydrogen-bond donors (Lipinski definition) is 3. The Morgan fingerprint density at radius 1 is 1.12 bits per heavy atom. The van der Waals surface area contributed by atoms with Gasteiger partial charge >= 0.3 is 0 Å². The largest absolute Gasteiger partial charge is 0.340 e. The molecule has 0 saturated heterocycles. The molecule has 0 unspecified atom stereocenters. The number of benzene rings is 1. The van der Waals surface area contributed by atoms with Crippen LogP contribution in [0.5, 0.6) is 0 Å². The number of pyridine rings is 1. The summed E-state index contributed by atoms with van der Waals surface area (Å²) < 4.78 is 27.5. The molecule has 3 N–H and O–H groups in total. The van der Waals surface area contributed by atoms with Crippen LogP contribution in [-0.2, 0) is 10.0 Å². The van der Waals surface area contributed by atoms with E-state index in [9.17, 15) is 8.42 Å². The third-order valence-electron chi connectivity index (χ3n) is 3.44. The Balaban J connectivity index is 1.77. The SMILES string of the molecule is Cc1n[nH]c(C)c1S(=O)(=O)Nc1ccc(Nc2cccc(Cl)c2)nc1. The number of rotatable bonds is 5. The second kappa shape index (κ2) is 6.73. The van der Waals surface area contributed by atoms with Crippen LogP contribution in [0.3, 0.4) is 0 Å². The second-order valence-corrected chi connectivity index (χ2v) is 7.49. The van der Waals surface area contributed by atoms with Crippen LogP contribution in [0.4, 0.5) is 17.2 Å². The number of aryl methyl sites for hydroxylation is 2. The van der Waals surface area contributed by atoms with E-state index in [-0.39, 0.29) is 4.90 Å². The van der Waals surface area contributed by atoms with Gasteiger partial charge in [-0.25, -0.2) is 13.4 Å². The first-order chi connectivity index (χ1) is 11.8. The highest BCUT2D eigenvalue weighted by molar-refractivity contribution is 7.92. The predicted molar refractivity (Wildman–Crippen MR) is 97.8 cm³/mol. The lowest BCUT2D eigenvalue weighted by Gasteiger charge is -2.09.